The van der Waals surface area contributed by atoms with Gasteiger partial charge in [-0.15, -0.1) is 0 Å². The van der Waals surface area contributed by atoms with Gasteiger partial charge in [0.05, 0.1) is 6.42 Å². The molecule has 0 amide bonds. The van der Waals surface area contributed by atoms with E-state index in [4.69, 9.17) is 9.63 Å². The summed E-state index contributed by atoms with van der Waals surface area (Å²) in [5, 5.41) is 13.1. The predicted molar refractivity (Wildman–Crippen MR) is 83.8 cm³/mol. The molecule has 1 aliphatic rings. The van der Waals surface area contributed by atoms with Crippen LogP contribution in [-0.4, -0.2) is 21.2 Å². The molecule has 1 atom stereocenters. The largest absolute Gasteiger partial charge is 0.481 e. The molecule has 0 spiro atoms. The maximum Gasteiger partial charge on any atom is 0.304 e. The molecule has 0 radical (unpaired) electrons. The summed E-state index contributed by atoms with van der Waals surface area (Å²) in [6, 6.07) is 0. The summed E-state index contributed by atoms with van der Waals surface area (Å²) in [5.41, 5.74) is 0. The number of aliphatic carboxylic acids is 1. The second kappa shape index (κ2) is 8.30. The van der Waals surface area contributed by atoms with E-state index in [1.165, 1.54) is 38.5 Å². The normalized spacial score (nSPS) is 17.8. The SMILES string of the molecule is CC(C)c1noc([C@H](CCCC2CCCCC2)CC(=O)O)n1. The van der Waals surface area contributed by atoms with Crippen molar-refractivity contribution in [3.05, 3.63) is 11.7 Å². The van der Waals surface area contributed by atoms with E-state index in [0.717, 1.165) is 18.8 Å². The van der Waals surface area contributed by atoms with Crippen LogP contribution in [0.2, 0.25) is 0 Å². The Hall–Kier alpha value is -1.39. The first-order valence-electron chi connectivity index (χ1n) is 8.61. The summed E-state index contributed by atoms with van der Waals surface area (Å²) in [5.74, 6) is 1.24. The van der Waals surface area contributed by atoms with Gasteiger partial charge in [0.1, 0.15) is 0 Å². The zero-order valence-corrected chi connectivity index (χ0v) is 13.8. The molecule has 1 aromatic rings. The molecular weight excluding hydrogens is 280 g/mol. The minimum absolute atomic E-state index is 0.0738. The van der Waals surface area contributed by atoms with Gasteiger partial charge >= 0.3 is 5.97 Å². The highest BCUT2D eigenvalue weighted by molar-refractivity contribution is 5.67. The zero-order chi connectivity index (χ0) is 15.9. The van der Waals surface area contributed by atoms with Crippen LogP contribution in [0.5, 0.6) is 0 Å². The fraction of sp³-hybridized carbons (Fsp3) is 0.824. The molecule has 0 unspecified atom stereocenters. The lowest BCUT2D eigenvalue weighted by Gasteiger charge is -2.21. The molecule has 2 rings (SSSR count). The van der Waals surface area contributed by atoms with Crippen molar-refractivity contribution >= 4 is 5.97 Å². The fourth-order valence-corrected chi connectivity index (χ4v) is 3.30. The molecule has 124 valence electrons. The lowest BCUT2D eigenvalue weighted by atomic mass is 9.84. The molecule has 1 aromatic heterocycles. The molecule has 0 bridgehead atoms. The van der Waals surface area contributed by atoms with Crippen molar-refractivity contribution < 1.29 is 14.4 Å². The number of hydrogen-bond donors (Lipinski definition) is 1. The van der Waals surface area contributed by atoms with Gasteiger partial charge in [0.25, 0.3) is 0 Å². The van der Waals surface area contributed by atoms with E-state index < -0.39 is 5.97 Å². The van der Waals surface area contributed by atoms with Crippen molar-refractivity contribution in [2.75, 3.05) is 0 Å². The number of nitrogens with zero attached hydrogens (tertiary/aromatic N) is 2. The van der Waals surface area contributed by atoms with Crippen LogP contribution >= 0.6 is 0 Å². The maximum atomic E-state index is 11.1. The van der Waals surface area contributed by atoms with Crippen LogP contribution in [0, 0.1) is 5.92 Å². The minimum atomic E-state index is -0.799. The van der Waals surface area contributed by atoms with Crippen molar-refractivity contribution in [3.63, 3.8) is 0 Å². The Morgan fingerprint density at radius 3 is 2.64 bits per heavy atom. The second-order valence-corrected chi connectivity index (χ2v) is 6.88. The molecule has 1 N–H and O–H groups in total. The number of carboxylic acid groups (broad SMARTS) is 1. The Morgan fingerprint density at radius 1 is 1.32 bits per heavy atom. The molecule has 1 aliphatic carbocycles. The number of rotatable bonds is 8. The van der Waals surface area contributed by atoms with E-state index in [1.54, 1.807) is 0 Å². The average Bonchev–Trinajstić information content (AvgIpc) is 2.97. The lowest BCUT2D eigenvalue weighted by molar-refractivity contribution is -0.137. The highest BCUT2D eigenvalue weighted by Gasteiger charge is 2.23. The summed E-state index contributed by atoms with van der Waals surface area (Å²) in [6.07, 6.45) is 9.88. The molecule has 5 heteroatoms. The standard InChI is InChI=1S/C17H28N2O3/c1-12(2)16-18-17(22-19-16)14(11-15(20)21)10-6-9-13-7-4-3-5-8-13/h12-14H,3-11H2,1-2H3,(H,20,21)/t14-/m1/s1. The first-order chi connectivity index (χ1) is 10.6. The predicted octanol–water partition coefficient (Wildman–Crippen LogP) is 4.50. The van der Waals surface area contributed by atoms with E-state index >= 15 is 0 Å². The van der Waals surface area contributed by atoms with Gasteiger partial charge in [-0.3, -0.25) is 4.79 Å². The molecule has 0 aromatic carbocycles. The third kappa shape index (κ3) is 5.11. The van der Waals surface area contributed by atoms with Crippen LogP contribution in [0.25, 0.3) is 0 Å². The summed E-state index contributed by atoms with van der Waals surface area (Å²) in [7, 11) is 0. The summed E-state index contributed by atoms with van der Waals surface area (Å²) >= 11 is 0. The Bertz CT molecular complexity index is 464. The monoisotopic (exact) mass is 308 g/mol. The van der Waals surface area contributed by atoms with Gasteiger partial charge < -0.3 is 9.63 Å². The highest BCUT2D eigenvalue weighted by Crippen LogP contribution is 2.31. The first kappa shape index (κ1) is 17.0. The van der Waals surface area contributed by atoms with Crippen LogP contribution in [0.4, 0.5) is 0 Å². The molecule has 0 aliphatic heterocycles. The van der Waals surface area contributed by atoms with E-state index in [1.807, 2.05) is 13.8 Å². The number of hydrogen-bond acceptors (Lipinski definition) is 4. The first-order valence-corrected chi connectivity index (χ1v) is 8.61. The van der Waals surface area contributed by atoms with Crippen LogP contribution in [0.15, 0.2) is 4.52 Å². The van der Waals surface area contributed by atoms with E-state index in [0.29, 0.717) is 11.7 Å². The molecule has 1 saturated carbocycles. The molecular formula is C17H28N2O3. The van der Waals surface area contributed by atoms with Gasteiger partial charge in [0, 0.05) is 11.8 Å². The van der Waals surface area contributed by atoms with Crippen molar-refractivity contribution in [1.29, 1.82) is 0 Å². The summed E-state index contributed by atoms with van der Waals surface area (Å²) in [6.45, 7) is 4.01. The van der Waals surface area contributed by atoms with Crippen LogP contribution in [0.3, 0.4) is 0 Å². The minimum Gasteiger partial charge on any atom is -0.481 e. The van der Waals surface area contributed by atoms with Gasteiger partial charge in [-0.25, -0.2) is 0 Å². The highest BCUT2D eigenvalue weighted by atomic mass is 16.5. The van der Waals surface area contributed by atoms with Gasteiger partial charge in [-0.05, 0) is 12.3 Å². The summed E-state index contributed by atoms with van der Waals surface area (Å²) < 4.78 is 5.31. The van der Waals surface area contributed by atoms with E-state index in [2.05, 4.69) is 10.1 Å². The number of carboxylic acids is 1. The van der Waals surface area contributed by atoms with Crippen molar-refractivity contribution in [3.8, 4) is 0 Å². The molecule has 1 heterocycles. The lowest BCUT2D eigenvalue weighted by Crippen LogP contribution is -2.10. The molecule has 0 saturated heterocycles. The smallest absolute Gasteiger partial charge is 0.304 e. The fourth-order valence-electron chi connectivity index (χ4n) is 3.30. The van der Waals surface area contributed by atoms with Crippen LogP contribution in [-0.2, 0) is 4.79 Å². The number of aromatic nitrogens is 2. The van der Waals surface area contributed by atoms with Crippen molar-refractivity contribution in [2.24, 2.45) is 5.92 Å². The average molecular weight is 308 g/mol. The maximum absolute atomic E-state index is 11.1. The van der Waals surface area contributed by atoms with E-state index in [-0.39, 0.29) is 18.3 Å². The summed E-state index contributed by atoms with van der Waals surface area (Å²) in [4.78, 5) is 15.5. The van der Waals surface area contributed by atoms with Crippen molar-refractivity contribution in [1.82, 2.24) is 10.1 Å². The Morgan fingerprint density at radius 2 is 2.05 bits per heavy atom. The van der Waals surface area contributed by atoms with Crippen molar-refractivity contribution in [2.45, 2.75) is 83.5 Å². The van der Waals surface area contributed by atoms with E-state index in [9.17, 15) is 4.79 Å². The third-order valence-electron chi connectivity index (χ3n) is 4.63. The van der Waals surface area contributed by atoms with Gasteiger partial charge in [0.15, 0.2) is 5.82 Å². The Labute approximate surface area is 132 Å². The third-order valence-corrected chi connectivity index (χ3v) is 4.63. The Kier molecular flexibility index (Phi) is 6.40. The van der Waals surface area contributed by atoms with Crippen LogP contribution < -0.4 is 0 Å². The second-order valence-electron chi connectivity index (χ2n) is 6.88. The zero-order valence-electron chi connectivity index (χ0n) is 13.8. The van der Waals surface area contributed by atoms with Gasteiger partial charge in [-0.1, -0.05) is 63.9 Å². The quantitative estimate of drug-likeness (QED) is 0.765. The molecule has 1 fully saturated rings. The van der Waals surface area contributed by atoms with Gasteiger partial charge in [-0.2, -0.15) is 4.98 Å². The molecule has 5 nitrogen and oxygen atoms in total. The number of carbonyl (C=O) groups is 1. The molecule has 22 heavy (non-hydrogen) atoms. The van der Waals surface area contributed by atoms with Gasteiger partial charge in [0.2, 0.25) is 5.89 Å². The van der Waals surface area contributed by atoms with Crippen LogP contribution in [0.1, 0.15) is 95.2 Å². The Balaban J connectivity index is 1.88. The topological polar surface area (TPSA) is 76.2 Å².